The van der Waals surface area contributed by atoms with Gasteiger partial charge in [-0.05, 0) is 59.4 Å². The van der Waals surface area contributed by atoms with Gasteiger partial charge in [-0.1, -0.05) is 12.1 Å². The molecule has 2 bridgehead atoms. The fourth-order valence-electron chi connectivity index (χ4n) is 4.38. The van der Waals surface area contributed by atoms with E-state index in [1.54, 1.807) is 30.6 Å². The molecule has 4 unspecified atom stereocenters. The molecule has 8 heteroatoms. The summed E-state index contributed by atoms with van der Waals surface area (Å²) in [5.74, 6) is -0.463. The summed E-state index contributed by atoms with van der Waals surface area (Å²) in [5, 5.41) is 19.9. The van der Waals surface area contributed by atoms with E-state index in [1.165, 1.54) is 17.4 Å². The number of carbonyl (C=O) groups is 2. The van der Waals surface area contributed by atoms with E-state index < -0.39 is 11.9 Å². The molecule has 3 N–H and O–H groups in total. The van der Waals surface area contributed by atoms with Crippen molar-refractivity contribution in [1.29, 1.82) is 5.26 Å². The Morgan fingerprint density at radius 2 is 2.17 bits per heavy atom. The molecule has 2 aromatic rings. The van der Waals surface area contributed by atoms with Gasteiger partial charge in [-0.2, -0.15) is 5.26 Å². The Hall–Kier alpha value is -2.76. The van der Waals surface area contributed by atoms with Crippen molar-refractivity contribution in [1.82, 2.24) is 16.0 Å². The van der Waals surface area contributed by atoms with Gasteiger partial charge in [0.1, 0.15) is 11.9 Å². The van der Waals surface area contributed by atoms with Crippen molar-refractivity contribution in [3.63, 3.8) is 0 Å². The number of halogens is 1. The van der Waals surface area contributed by atoms with E-state index >= 15 is 0 Å². The molecule has 1 aliphatic carbocycles. The first kappa shape index (κ1) is 20.5. The molecule has 1 aromatic heterocycles. The van der Waals surface area contributed by atoms with Crippen LogP contribution in [0.5, 0.6) is 0 Å². The second-order valence-electron chi connectivity index (χ2n) is 7.89. The molecule has 156 valence electrons. The molecule has 2 fully saturated rings. The summed E-state index contributed by atoms with van der Waals surface area (Å²) in [6.45, 7) is 0. The first-order valence-corrected chi connectivity index (χ1v) is 10.9. The van der Waals surface area contributed by atoms with Gasteiger partial charge in [0.15, 0.2) is 0 Å². The standard InChI is InChI=1S/C22H23FN4O2S/c1-25-21(28)19-9-15(11-30-19)12-2-3-13(18(23)8-12)6-17(10-24)27-22(29)20-14-4-5-16(7-14)26-20/h2-3,8-9,11,14,16-17,20,26H,4-7H2,1H3,(H,25,28)(H,27,29). The highest BCUT2D eigenvalue weighted by atomic mass is 32.1. The van der Waals surface area contributed by atoms with Gasteiger partial charge < -0.3 is 16.0 Å². The van der Waals surface area contributed by atoms with Crippen LogP contribution in [-0.2, 0) is 11.2 Å². The largest absolute Gasteiger partial charge is 0.354 e. The number of benzene rings is 1. The molecule has 2 heterocycles. The third-order valence-electron chi connectivity index (χ3n) is 5.98. The van der Waals surface area contributed by atoms with Crippen molar-refractivity contribution in [3.05, 3.63) is 45.9 Å². The fraction of sp³-hybridized carbons (Fsp3) is 0.409. The monoisotopic (exact) mass is 426 g/mol. The Bertz CT molecular complexity index is 1010. The maximum absolute atomic E-state index is 14.7. The molecule has 30 heavy (non-hydrogen) atoms. The lowest BCUT2D eigenvalue weighted by Crippen LogP contribution is -2.50. The molecule has 2 aliphatic rings. The lowest BCUT2D eigenvalue weighted by Gasteiger charge is -2.23. The zero-order chi connectivity index (χ0) is 21.3. The number of rotatable bonds is 6. The van der Waals surface area contributed by atoms with Crippen LogP contribution in [-0.4, -0.2) is 37.0 Å². The first-order chi connectivity index (χ1) is 14.5. The maximum atomic E-state index is 14.7. The first-order valence-electron chi connectivity index (χ1n) is 10.0. The van der Waals surface area contributed by atoms with Crippen LogP contribution in [0.15, 0.2) is 29.6 Å². The average molecular weight is 427 g/mol. The van der Waals surface area contributed by atoms with E-state index in [9.17, 15) is 19.2 Å². The van der Waals surface area contributed by atoms with Crippen molar-refractivity contribution in [3.8, 4) is 17.2 Å². The van der Waals surface area contributed by atoms with Gasteiger partial charge in [-0.3, -0.25) is 9.59 Å². The quantitative estimate of drug-likeness (QED) is 0.662. The van der Waals surface area contributed by atoms with Crippen molar-refractivity contribution < 1.29 is 14.0 Å². The number of nitrogens with zero attached hydrogens (tertiary/aromatic N) is 1. The number of nitriles is 1. The molecule has 1 saturated heterocycles. The summed E-state index contributed by atoms with van der Waals surface area (Å²) in [6.07, 6.45) is 3.24. The van der Waals surface area contributed by atoms with Gasteiger partial charge in [-0.15, -0.1) is 11.3 Å². The maximum Gasteiger partial charge on any atom is 0.261 e. The number of thiophene rings is 1. The Kier molecular flexibility index (Phi) is 5.84. The van der Waals surface area contributed by atoms with E-state index in [-0.39, 0.29) is 24.3 Å². The number of hydrogen-bond acceptors (Lipinski definition) is 5. The van der Waals surface area contributed by atoms with Crippen LogP contribution in [0.3, 0.4) is 0 Å². The van der Waals surface area contributed by atoms with Gasteiger partial charge in [-0.25, -0.2) is 4.39 Å². The van der Waals surface area contributed by atoms with Crippen molar-refractivity contribution in [2.24, 2.45) is 5.92 Å². The molecule has 1 saturated carbocycles. The topological polar surface area (TPSA) is 94.0 Å². The van der Waals surface area contributed by atoms with Crippen molar-refractivity contribution in [2.75, 3.05) is 7.05 Å². The molecule has 1 aromatic carbocycles. The zero-order valence-corrected chi connectivity index (χ0v) is 17.4. The van der Waals surface area contributed by atoms with Crippen LogP contribution < -0.4 is 16.0 Å². The molecule has 0 radical (unpaired) electrons. The molecule has 4 rings (SSSR count). The SMILES string of the molecule is CNC(=O)c1cc(-c2ccc(CC(C#N)NC(=O)C3NC4CCC3C4)c(F)c2)cs1. The lowest BCUT2D eigenvalue weighted by atomic mass is 9.98. The number of carbonyl (C=O) groups excluding carboxylic acids is 2. The average Bonchev–Trinajstić information content (AvgIpc) is 3.50. The fourth-order valence-corrected chi connectivity index (χ4v) is 5.25. The van der Waals surface area contributed by atoms with Crippen LogP contribution in [0.25, 0.3) is 11.1 Å². The number of fused-ring (bicyclic) bond motifs is 2. The second-order valence-corrected chi connectivity index (χ2v) is 8.80. The van der Waals surface area contributed by atoms with Crippen LogP contribution in [0.2, 0.25) is 0 Å². The molecule has 1 aliphatic heterocycles. The normalized spacial score (nSPS) is 23.0. The number of hydrogen-bond donors (Lipinski definition) is 3. The minimum atomic E-state index is -0.792. The number of piperidine rings is 1. The van der Waals surface area contributed by atoms with Crippen LogP contribution in [0.1, 0.15) is 34.5 Å². The van der Waals surface area contributed by atoms with Crippen molar-refractivity contribution >= 4 is 23.2 Å². The van der Waals surface area contributed by atoms with Gasteiger partial charge in [0, 0.05) is 19.5 Å². The highest BCUT2D eigenvalue weighted by Gasteiger charge is 2.43. The molecule has 0 spiro atoms. The smallest absolute Gasteiger partial charge is 0.261 e. The predicted molar refractivity (Wildman–Crippen MR) is 112 cm³/mol. The van der Waals surface area contributed by atoms with Crippen LogP contribution in [0.4, 0.5) is 4.39 Å². The Labute approximate surface area is 178 Å². The van der Waals surface area contributed by atoms with Gasteiger partial charge in [0.25, 0.3) is 5.91 Å². The summed E-state index contributed by atoms with van der Waals surface area (Å²) < 4.78 is 14.7. The van der Waals surface area contributed by atoms with Gasteiger partial charge in [0.2, 0.25) is 5.91 Å². The Balaban J connectivity index is 1.42. The van der Waals surface area contributed by atoms with Crippen LogP contribution in [0, 0.1) is 23.1 Å². The summed E-state index contributed by atoms with van der Waals surface area (Å²) in [6, 6.07) is 7.96. The Morgan fingerprint density at radius 3 is 2.80 bits per heavy atom. The van der Waals surface area contributed by atoms with E-state index in [2.05, 4.69) is 22.0 Å². The highest BCUT2D eigenvalue weighted by Crippen LogP contribution is 2.35. The summed E-state index contributed by atoms with van der Waals surface area (Å²) >= 11 is 1.29. The van der Waals surface area contributed by atoms with E-state index in [1.807, 2.05) is 0 Å². The minimum absolute atomic E-state index is 0.0995. The molecule has 2 amide bonds. The van der Waals surface area contributed by atoms with Crippen molar-refractivity contribution in [2.45, 2.75) is 43.8 Å². The third-order valence-corrected chi connectivity index (χ3v) is 6.90. The van der Waals surface area contributed by atoms with Crippen LogP contribution >= 0.6 is 11.3 Å². The van der Waals surface area contributed by atoms with E-state index in [0.29, 0.717) is 28.0 Å². The molecular formula is C22H23FN4O2S. The summed E-state index contributed by atoms with van der Waals surface area (Å²) in [4.78, 5) is 24.8. The third kappa shape index (κ3) is 4.09. The zero-order valence-electron chi connectivity index (χ0n) is 16.6. The Morgan fingerprint density at radius 1 is 1.33 bits per heavy atom. The number of amides is 2. The molecular weight excluding hydrogens is 403 g/mol. The predicted octanol–water partition coefficient (Wildman–Crippen LogP) is 2.61. The number of nitrogens with one attached hydrogen (secondary N) is 3. The molecule has 4 atom stereocenters. The molecule has 6 nitrogen and oxygen atoms in total. The minimum Gasteiger partial charge on any atom is -0.354 e. The van der Waals surface area contributed by atoms with Gasteiger partial charge in [0.05, 0.1) is 17.0 Å². The summed E-state index contributed by atoms with van der Waals surface area (Å²) in [7, 11) is 1.56. The highest BCUT2D eigenvalue weighted by molar-refractivity contribution is 7.12. The second kappa shape index (κ2) is 8.54. The van der Waals surface area contributed by atoms with E-state index in [0.717, 1.165) is 24.8 Å². The van der Waals surface area contributed by atoms with E-state index in [4.69, 9.17) is 0 Å². The lowest BCUT2D eigenvalue weighted by molar-refractivity contribution is -0.124. The van der Waals surface area contributed by atoms with Gasteiger partial charge >= 0.3 is 0 Å². The summed E-state index contributed by atoms with van der Waals surface area (Å²) in [5.41, 5.74) is 1.79.